The van der Waals surface area contributed by atoms with Crippen molar-refractivity contribution in [3.63, 3.8) is 0 Å². The van der Waals surface area contributed by atoms with E-state index in [1.807, 2.05) is 0 Å². The van der Waals surface area contributed by atoms with E-state index < -0.39 is 0 Å². The van der Waals surface area contributed by atoms with Gasteiger partial charge in [0.1, 0.15) is 0 Å². The fourth-order valence-electron chi connectivity index (χ4n) is 2.44. The first-order valence-corrected chi connectivity index (χ1v) is 7.03. The van der Waals surface area contributed by atoms with E-state index in [-0.39, 0.29) is 0 Å². The van der Waals surface area contributed by atoms with E-state index in [2.05, 4.69) is 44.8 Å². The summed E-state index contributed by atoms with van der Waals surface area (Å²) in [7, 11) is 0. The van der Waals surface area contributed by atoms with Crippen molar-refractivity contribution in [1.82, 2.24) is 10.2 Å². The first-order valence-electron chi connectivity index (χ1n) is 7.03. The first-order chi connectivity index (χ1) is 7.56. The van der Waals surface area contributed by atoms with E-state index in [1.54, 1.807) is 0 Å². The summed E-state index contributed by atoms with van der Waals surface area (Å²) in [6, 6.07) is 1.40. The van der Waals surface area contributed by atoms with Gasteiger partial charge in [-0.3, -0.25) is 4.90 Å². The van der Waals surface area contributed by atoms with Crippen molar-refractivity contribution in [1.29, 1.82) is 0 Å². The van der Waals surface area contributed by atoms with E-state index >= 15 is 0 Å². The highest BCUT2D eigenvalue weighted by atomic mass is 15.2. The van der Waals surface area contributed by atoms with Gasteiger partial charge in [-0.1, -0.05) is 34.1 Å². The predicted molar refractivity (Wildman–Crippen MR) is 71.7 cm³/mol. The Kier molecular flexibility index (Phi) is 5.77. The third-order valence-corrected chi connectivity index (χ3v) is 4.33. The molecule has 1 aliphatic rings. The Morgan fingerprint density at radius 3 is 2.50 bits per heavy atom. The second-order valence-corrected chi connectivity index (χ2v) is 5.78. The van der Waals surface area contributed by atoms with Gasteiger partial charge in [-0.25, -0.2) is 0 Å². The quantitative estimate of drug-likeness (QED) is 0.793. The standard InChI is InChI=1S/C14H30N2/c1-6-12(4)14-10-16(9-7-8-15-14)13(5)11(2)3/h11-15H,6-10H2,1-5H3. The minimum Gasteiger partial charge on any atom is -0.312 e. The molecule has 3 unspecified atom stereocenters. The molecule has 2 nitrogen and oxygen atoms in total. The molecular formula is C14H30N2. The van der Waals surface area contributed by atoms with E-state index in [9.17, 15) is 0 Å². The van der Waals surface area contributed by atoms with Crippen molar-refractivity contribution in [3.8, 4) is 0 Å². The van der Waals surface area contributed by atoms with Crippen LogP contribution in [0.2, 0.25) is 0 Å². The highest BCUT2D eigenvalue weighted by Crippen LogP contribution is 2.17. The average Bonchev–Trinajstić information content (AvgIpc) is 2.52. The van der Waals surface area contributed by atoms with Crippen LogP contribution in [0.25, 0.3) is 0 Å². The monoisotopic (exact) mass is 226 g/mol. The van der Waals surface area contributed by atoms with Crippen LogP contribution in [0.4, 0.5) is 0 Å². The van der Waals surface area contributed by atoms with E-state index in [0.717, 1.165) is 11.8 Å². The Balaban J connectivity index is 2.58. The first kappa shape index (κ1) is 14.0. The fraction of sp³-hybridized carbons (Fsp3) is 1.00. The lowest BCUT2D eigenvalue weighted by Crippen LogP contribution is -2.46. The summed E-state index contributed by atoms with van der Waals surface area (Å²) >= 11 is 0. The molecule has 0 aromatic heterocycles. The van der Waals surface area contributed by atoms with Gasteiger partial charge in [0.05, 0.1) is 0 Å². The van der Waals surface area contributed by atoms with Crippen LogP contribution in [0.5, 0.6) is 0 Å². The Morgan fingerprint density at radius 1 is 1.25 bits per heavy atom. The third kappa shape index (κ3) is 3.74. The molecule has 0 amide bonds. The zero-order chi connectivity index (χ0) is 12.1. The van der Waals surface area contributed by atoms with Crippen LogP contribution >= 0.6 is 0 Å². The zero-order valence-corrected chi connectivity index (χ0v) is 11.8. The summed E-state index contributed by atoms with van der Waals surface area (Å²) in [6.07, 6.45) is 2.57. The number of hydrogen-bond donors (Lipinski definition) is 1. The van der Waals surface area contributed by atoms with Crippen molar-refractivity contribution in [2.75, 3.05) is 19.6 Å². The zero-order valence-electron chi connectivity index (χ0n) is 11.8. The lowest BCUT2D eigenvalue weighted by Gasteiger charge is -2.34. The van der Waals surface area contributed by atoms with Crippen LogP contribution in [-0.2, 0) is 0 Å². The Hall–Kier alpha value is -0.0800. The lowest BCUT2D eigenvalue weighted by molar-refractivity contribution is 0.153. The molecule has 0 aliphatic carbocycles. The normalized spacial score (nSPS) is 27.8. The molecule has 0 radical (unpaired) electrons. The molecule has 1 aliphatic heterocycles. The highest BCUT2D eigenvalue weighted by Gasteiger charge is 2.25. The highest BCUT2D eigenvalue weighted by molar-refractivity contribution is 4.83. The van der Waals surface area contributed by atoms with E-state index in [0.29, 0.717) is 12.1 Å². The van der Waals surface area contributed by atoms with E-state index in [1.165, 1.54) is 32.5 Å². The summed E-state index contributed by atoms with van der Waals surface area (Å²) in [5.74, 6) is 1.55. The Morgan fingerprint density at radius 2 is 1.94 bits per heavy atom. The van der Waals surface area contributed by atoms with Gasteiger partial charge in [-0.15, -0.1) is 0 Å². The average molecular weight is 226 g/mol. The second-order valence-electron chi connectivity index (χ2n) is 5.78. The molecule has 1 rings (SSSR count). The topological polar surface area (TPSA) is 15.3 Å². The molecule has 0 saturated carbocycles. The molecule has 2 heteroatoms. The summed E-state index contributed by atoms with van der Waals surface area (Å²) in [6.45, 7) is 15.4. The largest absolute Gasteiger partial charge is 0.312 e. The maximum atomic E-state index is 3.71. The van der Waals surface area contributed by atoms with Gasteiger partial charge in [0, 0.05) is 18.6 Å². The molecular weight excluding hydrogens is 196 g/mol. The Labute approximate surface area is 102 Å². The molecule has 1 saturated heterocycles. The second kappa shape index (κ2) is 6.61. The smallest absolute Gasteiger partial charge is 0.0220 e. The van der Waals surface area contributed by atoms with Crippen LogP contribution in [-0.4, -0.2) is 36.6 Å². The van der Waals surface area contributed by atoms with Crippen LogP contribution in [0.1, 0.15) is 47.5 Å². The van der Waals surface area contributed by atoms with Crippen molar-refractivity contribution in [2.24, 2.45) is 11.8 Å². The van der Waals surface area contributed by atoms with Crippen molar-refractivity contribution >= 4 is 0 Å². The molecule has 96 valence electrons. The van der Waals surface area contributed by atoms with Gasteiger partial charge in [0.25, 0.3) is 0 Å². The van der Waals surface area contributed by atoms with Crippen LogP contribution in [0.15, 0.2) is 0 Å². The number of nitrogens with one attached hydrogen (secondary N) is 1. The molecule has 1 N–H and O–H groups in total. The van der Waals surface area contributed by atoms with Crippen LogP contribution in [0.3, 0.4) is 0 Å². The summed E-state index contributed by atoms with van der Waals surface area (Å²) in [4.78, 5) is 2.68. The molecule has 0 aromatic carbocycles. The fourth-order valence-corrected chi connectivity index (χ4v) is 2.44. The van der Waals surface area contributed by atoms with Crippen molar-refractivity contribution < 1.29 is 0 Å². The molecule has 0 spiro atoms. The van der Waals surface area contributed by atoms with Gasteiger partial charge in [-0.2, -0.15) is 0 Å². The van der Waals surface area contributed by atoms with Gasteiger partial charge in [0.2, 0.25) is 0 Å². The summed E-state index contributed by atoms with van der Waals surface area (Å²) < 4.78 is 0. The van der Waals surface area contributed by atoms with Gasteiger partial charge in [0.15, 0.2) is 0 Å². The minimum absolute atomic E-state index is 0.689. The molecule has 1 fully saturated rings. The maximum absolute atomic E-state index is 3.71. The van der Waals surface area contributed by atoms with Crippen molar-refractivity contribution in [2.45, 2.75) is 59.5 Å². The number of nitrogens with zero attached hydrogens (tertiary/aromatic N) is 1. The maximum Gasteiger partial charge on any atom is 0.0220 e. The van der Waals surface area contributed by atoms with Crippen LogP contribution in [0, 0.1) is 11.8 Å². The lowest BCUT2D eigenvalue weighted by atomic mass is 9.97. The number of hydrogen-bond acceptors (Lipinski definition) is 2. The Bertz CT molecular complexity index is 191. The minimum atomic E-state index is 0.689. The molecule has 16 heavy (non-hydrogen) atoms. The van der Waals surface area contributed by atoms with Gasteiger partial charge in [-0.05, 0) is 38.3 Å². The summed E-state index contributed by atoms with van der Waals surface area (Å²) in [5.41, 5.74) is 0. The predicted octanol–water partition coefficient (Wildman–Crippen LogP) is 2.74. The molecule has 0 aromatic rings. The van der Waals surface area contributed by atoms with E-state index in [4.69, 9.17) is 0 Å². The third-order valence-electron chi connectivity index (χ3n) is 4.33. The number of rotatable bonds is 4. The molecule has 3 atom stereocenters. The van der Waals surface area contributed by atoms with Gasteiger partial charge < -0.3 is 5.32 Å². The van der Waals surface area contributed by atoms with Crippen LogP contribution < -0.4 is 5.32 Å². The molecule has 1 heterocycles. The summed E-state index contributed by atoms with van der Waals surface area (Å²) in [5, 5.41) is 3.71. The molecule has 0 bridgehead atoms. The van der Waals surface area contributed by atoms with Crippen molar-refractivity contribution in [3.05, 3.63) is 0 Å². The van der Waals surface area contributed by atoms with Gasteiger partial charge >= 0.3 is 0 Å². The SMILES string of the molecule is CCC(C)C1CN(C(C)C(C)C)CCCN1.